The normalized spacial score (nSPS) is 47.4. The van der Waals surface area contributed by atoms with Crippen molar-refractivity contribution in [3.63, 3.8) is 0 Å². The van der Waals surface area contributed by atoms with Crippen molar-refractivity contribution < 1.29 is 118 Å². The molecule has 5 saturated heterocycles. The fraction of sp³-hybridized carbons (Fsp3) is 0.792. The summed E-state index contributed by atoms with van der Waals surface area (Å²) in [5, 5.41) is 137. The number of aliphatic hydroxyl groups is 11. The standard InChI is InChI=1S/C53H78O24/c1-18-29(73-34-14-30(43(58)21(4)69-34)74-33-13-28(55)42(57)20(3)68-33)12-26-10-25-11-27-48(67-9)47(62)38(19(2)54)50(64)53(27,51(65)40(25)46(61)39(26)41(18)56)77-36-16-32(45(60)23(6)71-36)75-35-15-31(44(59)22(5)70-35)76-37-17-52(8,66)49(63)24(7)72-37/h12,20-25,28,30-37,40,42-46,49-51,55-66H,10-11,13-17H2,1-9H3/t20-,21-,22-,23-,24-,25+,28-,30-,31-,32-,33+,34+,35+,36+,37+,40+,42-,43-,44+,45-,46+,49-,50?,51+,52+,53-/m1/s1. The van der Waals surface area contributed by atoms with Gasteiger partial charge in [0.05, 0.1) is 85.4 Å². The number of ether oxygens (including phenoxy) is 11. The van der Waals surface area contributed by atoms with Crippen LogP contribution in [-0.4, -0.2) is 214 Å². The predicted octanol–water partition coefficient (Wildman–Crippen LogP) is -0.156. The molecule has 3 aliphatic carbocycles. The van der Waals surface area contributed by atoms with E-state index in [9.17, 15) is 66.1 Å². The van der Waals surface area contributed by atoms with Crippen LogP contribution in [0.3, 0.4) is 0 Å². The molecule has 0 amide bonds. The Morgan fingerprint density at radius 2 is 1.17 bits per heavy atom. The fourth-order valence-electron chi connectivity index (χ4n) is 13.0. The number of ketones is 1. The molecular formula is C53H78O24. The smallest absolute Gasteiger partial charge is 0.202 e. The van der Waals surface area contributed by atoms with Gasteiger partial charge in [-0.2, -0.15) is 0 Å². The van der Waals surface area contributed by atoms with Crippen molar-refractivity contribution in [2.24, 2.45) is 11.8 Å². The molecule has 0 radical (unpaired) electrons. The molecular weight excluding hydrogens is 1020 g/mol. The molecule has 0 bridgehead atoms. The van der Waals surface area contributed by atoms with Crippen molar-refractivity contribution in [2.75, 3.05) is 7.11 Å². The highest BCUT2D eigenvalue weighted by Crippen LogP contribution is 2.59. The molecule has 26 atom stereocenters. The van der Waals surface area contributed by atoms with Crippen LogP contribution in [0.25, 0.3) is 0 Å². The van der Waals surface area contributed by atoms with Crippen LogP contribution in [-0.2, 0) is 58.6 Å². The first kappa shape index (κ1) is 58.5. The third-order valence-electron chi connectivity index (χ3n) is 17.3. The molecule has 1 aromatic carbocycles. The molecule has 8 aliphatic rings. The number of rotatable bonds is 12. The lowest BCUT2D eigenvalue weighted by Crippen LogP contribution is -2.68. The maximum Gasteiger partial charge on any atom is 0.202 e. The molecule has 1 aromatic rings. The first-order valence-electron chi connectivity index (χ1n) is 26.7. The summed E-state index contributed by atoms with van der Waals surface area (Å²) in [7, 11) is 1.23. The van der Waals surface area contributed by atoms with Crippen molar-refractivity contribution >= 4 is 5.78 Å². The van der Waals surface area contributed by atoms with Crippen molar-refractivity contribution in [3.8, 4) is 11.5 Å². The molecule has 0 spiro atoms. The number of benzene rings is 1. The van der Waals surface area contributed by atoms with Gasteiger partial charge in [0.25, 0.3) is 0 Å². The Morgan fingerprint density at radius 1 is 0.662 bits per heavy atom. The molecule has 0 aromatic heterocycles. The predicted molar refractivity (Wildman–Crippen MR) is 260 cm³/mol. The van der Waals surface area contributed by atoms with E-state index in [1.165, 1.54) is 21.0 Å². The van der Waals surface area contributed by atoms with E-state index in [4.69, 9.17) is 52.1 Å². The third-order valence-corrected chi connectivity index (χ3v) is 17.3. The lowest BCUT2D eigenvalue weighted by Gasteiger charge is -2.57. The number of carbonyl (C=O) groups is 1. The van der Waals surface area contributed by atoms with E-state index >= 15 is 0 Å². The van der Waals surface area contributed by atoms with Gasteiger partial charge in [-0.05, 0) is 85.8 Å². The first-order chi connectivity index (χ1) is 36.2. The lowest BCUT2D eigenvalue weighted by atomic mass is 9.56. The molecule has 24 heteroatoms. The molecule has 24 nitrogen and oxygen atoms in total. The van der Waals surface area contributed by atoms with Gasteiger partial charge in [0, 0.05) is 54.7 Å². The SMILES string of the molecule is COC1=C2C[C@@H]3Cc4cc(O[C@H]5C[C@@H](O[C@H]6C[C@@H](O)[C@H](O)[C@@H](C)O6)[C@H](O)[C@@H](C)O5)c(C)c(O)c4[C@H](O)[C@H]3[C@H](O)[C@]2(O[C@H]2C[C@@H](O[C@H]3C[C@@H](O[C@H]4C[C@](C)(O)[C@H](O)[C@@H](C)O4)[C@@H](O)[C@@H](C)O3)[C@H](O)[C@@H](C)O2)C(O)C(C(C)=O)=C1O. The van der Waals surface area contributed by atoms with Crippen molar-refractivity contribution in [1.82, 2.24) is 0 Å². The highest BCUT2D eigenvalue weighted by Gasteiger charge is 2.66. The van der Waals surface area contributed by atoms with Crippen LogP contribution in [0.2, 0.25) is 0 Å². The molecule has 77 heavy (non-hydrogen) atoms. The van der Waals surface area contributed by atoms with Crippen LogP contribution < -0.4 is 4.74 Å². The van der Waals surface area contributed by atoms with Gasteiger partial charge in [-0.3, -0.25) is 4.79 Å². The third kappa shape index (κ3) is 10.7. The maximum atomic E-state index is 13.4. The van der Waals surface area contributed by atoms with Crippen LogP contribution in [0.15, 0.2) is 28.7 Å². The molecule has 434 valence electrons. The highest BCUT2D eigenvalue weighted by atomic mass is 16.7. The van der Waals surface area contributed by atoms with Gasteiger partial charge in [0.1, 0.15) is 48.1 Å². The Kier molecular flexibility index (Phi) is 16.9. The molecule has 1 unspecified atom stereocenters. The number of methoxy groups -OCH3 is 1. The number of hydrogen-bond donors (Lipinski definition) is 12. The van der Waals surface area contributed by atoms with Crippen molar-refractivity contribution in [3.05, 3.63) is 45.4 Å². The Balaban J connectivity index is 0.971. The molecule has 12 N–H and O–H groups in total. The summed E-state index contributed by atoms with van der Waals surface area (Å²) in [5.41, 5.74) is -3.78. The van der Waals surface area contributed by atoms with Crippen LogP contribution in [0.1, 0.15) is 110 Å². The molecule has 6 fully saturated rings. The Labute approximate surface area is 445 Å². The Hall–Kier alpha value is -3.19. The molecule has 5 heterocycles. The summed E-state index contributed by atoms with van der Waals surface area (Å²) >= 11 is 0. The zero-order chi connectivity index (χ0) is 56.1. The van der Waals surface area contributed by atoms with Gasteiger partial charge in [0.15, 0.2) is 48.1 Å². The average molecular weight is 1100 g/mol. The zero-order valence-electron chi connectivity index (χ0n) is 44.6. The summed E-state index contributed by atoms with van der Waals surface area (Å²) < 4.78 is 67.4. The summed E-state index contributed by atoms with van der Waals surface area (Å²) in [6.45, 7) is 12.1. The van der Waals surface area contributed by atoms with E-state index in [-0.39, 0.29) is 78.9 Å². The maximum absolute atomic E-state index is 13.4. The van der Waals surface area contributed by atoms with E-state index in [1.807, 2.05) is 0 Å². The number of phenols is 1. The largest absolute Gasteiger partial charge is 0.507 e. The van der Waals surface area contributed by atoms with Gasteiger partial charge >= 0.3 is 0 Å². The number of hydrogen-bond acceptors (Lipinski definition) is 24. The topological polar surface area (TPSA) is 361 Å². The minimum atomic E-state index is -2.38. The van der Waals surface area contributed by atoms with Gasteiger partial charge < -0.3 is 113 Å². The van der Waals surface area contributed by atoms with Gasteiger partial charge in [-0.25, -0.2) is 0 Å². The second-order valence-corrected chi connectivity index (χ2v) is 22.7. The quantitative estimate of drug-likeness (QED) is 0.129. The second-order valence-electron chi connectivity index (χ2n) is 22.7. The average Bonchev–Trinajstić information content (AvgIpc) is 3.46. The Bertz CT molecular complexity index is 2370. The fourth-order valence-corrected chi connectivity index (χ4v) is 13.0. The van der Waals surface area contributed by atoms with Gasteiger partial charge in [-0.15, -0.1) is 0 Å². The molecule has 5 aliphatic heterocycles. The minimum Gasteiger partial charge on any atom is -0.507 e. The number of aromatic hydroxyl groups is 1. The van der Waals surface area contributed by atoms with E-state index < -0.39 is 175 Å². The summed E-state index contributed by atoms with van der Waals surface area (Å²) in [6, 6.07) is 1.63. The van der Waals surface area contributed by atoms with E-state index in [0.29, 0.717) is 5.56 Å². The Morgan fingerprint density at radius 3 is 1.73 bits per heavy atom. The van der Waals surface area contributed by atoms with E-state index in [1.54, 1.807) is 40.7 Å². The van der Waals surface area contributed by atoms with Crippen LogP contribution >= 0.6 is 0 Å². The van der Waals surface area contributed by atoms with Crippen LogP contribution in [0.5, 0.6) is 11.5 Å². The monoisotopic (exact) mass is 1100 g/mol. The highest BCUT2D eigenvalue weighted by molar-refractivity contribution is 5.96. The zero-order valence-corrected chi connectivity index (χ0v) is 44.6. The summed E-state index contributed by atoms with van der Waals surface area (Å²) in [4.78, 5) is 13.4. The summed E-state index contributed by atoms with van der Waals surface area (Å²) in [6.07, 6.45) is -25.9. The second kappa shape index (κ2) is 22.3. The molecule has 9 rings (SSSR count). The minimum absolute atomic E-state index is 0.0102. The van der Waals surface area contributed by atoms with Gasteiger partial charge in [0.2, 0.25) is 6.29 Å². The number of aliphatic hydroxyl groups excluding tert-OH is 10. The van der Waals surface area contributed by atoms with Crippen LogP contribution in [0, 0.1) is 18.8 Å². The van der Waals surface area contributed by atoms with Crippen LogP contribution in [0.4, 0.5) is 0 Å². The first-order valence-corrected chi connectivity index (χ1v) is 26.7. The van der Waals surface area contributed by atoms with Gasteiger partial charge in [-0.1, -0.05) is 0 Å². The number of Topliss-reactive ketones (excluding diaryl/α,β-unsaturated/α-hetero) is 1. The molecule has 1 saturated carbocycles. The summed E-state index contributed by atoms with van der Waals surface area (Å²) in [5.74, 6) is -3.88. The van der Waals surface area contributed by atoms with Crippen molar-refractivity contribution in [2.45, 2.75) is 247 Å². The lowest BCUT2D eigenvalue weighted by molar-refractivity contribution is -0.344. The van der Waals surface area contributed by atoms with Crippen molar-refractivity contribution in [1.29, 1.82) is 0 Å². The number of fused-ring (bicyclic) bond motifs is 3. The number of carbonyl (C=O) groups excluding carboxylic acids is 1. The number of phenolic OH excluding ortho intramolecular Hbond substituents is 1. The van der Waals surface area contributed by atoms with E-state index in [2.05, 4.69) is 0 Å². The van der Waals surface area contributed by atoms with E-state index in [0.717, 1.165) is 6.92 Å².